The number of carbonyl (C=O) groups excluding carboxylic acids is 1. The lowest BCUT2D eigenvalue weighted by atomic mass is 9.91. The van der Waals surface area contributed by atoms with Crippen LogP contribution in [-0.2, 0) is 6.42 Å². The molecule has 0 aromatic carbocycles. The molecule has 0 bridgehead atoms. The molecule has 2 amide bonds. The van der Waals surface area contributed by atoms with Crippen molar-refractivity contribution in [2.24, 2.45) is 0 Å². The van der Waals surface area contributed by atoms with E-state index in [-0.39, 0.29) is 19.1 Å². The van der Waals surface area contributed by atoms with Gasteiger partial charge in [0.05, 0.1) is 12.3 Å². The molecule has 2 N–H and O–H groups in total. The van der Waals surface area contributed by atoms with Gasteiger partial charge in [0.25, 0.3) is 0 Å². The third-order valence-corrected chi connectivity index (χ3v) is 4.76. The average molecular weight is 332 g/mol. The van der Waals surface area contributed by atoms with Crippen LogP contribution in [0.5, 0.6) is 0 Å². The second kappa shape index (κ2) is 5.74. The lowest BCUT2D eigenvalue weighted by Crippen LogP contribution is -2.56. The third-order valence-electron chi connectivity index (χ3n) is 4.76. The molecule has 0 radical (unpaired) electrons. The van der Waals surface area contributed by atoms with Crippen molar-refractivity contribution in [1.82, 2.24) is 10.2 Å². The van der Waals surface area contributed by atoms with Gasteiger partial charge in [-0.05, 0) is 18.9 Å². The zero-order valence-electron chi connectivity index (χ0n) is 12.5. The highest BCUT2D eigenvalue weighted by atomic mass is 19.4. The molecule has 3 rings (SSSR count). The van der Waals surface area contributed by atoms with Gasteiger partial charge in [-0.15, -0.1) is 0 Å². The van der Waals surface area contributed by atoms with Gasteiger partial charge in [0, 0.05) is 37.9 Å². The molecule has 1 aromatic rings. The van der Waals surface area contributed by atoms with E-state index >= 15 is 0 Å². The van der Waals surface area contributed by atoms with E-state index in [2.05, 4.69) is 5.32 Å². The number of aliphatic hydroxyl groups is 1. The molecule has 1 aromatic heterocycles. The predicted molar refractivity (Wildman–Crippen MR) is 74.7 cm³/mol. The number of hydrogen-bond acceptors (Lipinski definition) is 3. The third kappa shape index (κ3) is 3.04. The Hall–Kier alpha value is -1.70. The quantitative estimate of drug-likeness (QED) is 0.831. The maximum Gasteiger partial charge on any atom is 0.417 e. The van der Waals surface area contributed by atoms with Gasteiger partial charge in [-0.1, -0.05) is 0 Å². The van der Waals surface area contributed by atoms with Gasteiger partial charge in [0.2, 0.25) is 0 Å². The highest BCUT2D eigenvalue weighted by molar-refractivity contribution is 5.75. The zero-order valence-corrected chi connectivity index (χ0v) is 12.5. The van der Waals surface area contributed by atoms with Crippen molar-refractivity contribution in [3.05, 3.63) is 23.7 Å². The number of nitrogens with one attached hydrogen (secondary N) is 1. The molecule has 1 atom stereocenters. The number of urea groups is 1. The molecule has 1 aliphatic heterocycles. The van der Waals surface area contributed by atoms with Gasteiger partial charge in [0.1, 0.15) is 5.76 Å². The number of fused-ring (bicyclic) bond motifs is 1. The van der Waals surface area contributed by atoms with Crippen molar-refractivity contribution in [2.45, 2.75) is 49.9 Å². The number of carbonyl (C=O) groups is 1. The van der Waals surface area contributed by atoms with Crippen LogP contribution in [0.3, 0.4) is 0 Å². The summed E-state index contributed by atoms with van der Waals surface area (Å²) in [6.07, 6.45) is -1.57. The molecule has 23 heavy (non-hydrogen) atoms. The lowest BCUT2D eigenvalue weighted by Gasteiger charge is -2.39. The average Bonchev–Trinajstić information content (AvgIpc) is 2.96. The van der Waals surface area contributed by atoms with E-state index in [0.717, 1.165) is 30.6 Å². The highest BCUT2D eigenvalue weighted by Crippen LogP contribution is 2.38. The van der Waals surface area contributed by atoms with E-state index < -0.39 is 30.7 Å². The Bertz CT molecular complexity index is 577. The largest absolute Gasteiger partial charge is 0.469 e. The van der Waals surface area contributed by atoms with E-state index in [0.29, 0.717) is 0 Å². The van der Waals surface area contributed by atoms with Crippen molar-refractivity contribution < 1.29 is 27.5 Å². The Kier molecular flexibility index (Phi) is 4.03. The summed E-state index contributed by atoms with van der Waals surface area (Å²) in [5.41, 5.74) is -1.75. The molecule has 8 heteroatoms. The number of alkyl halides is 3. The van der Waals surface area contributed by atoms with Gasteiger partial charge in [0.15, 0.2) is 5.60 Å². The minimum absolute atomic E-state index is 0.118. The summed E-state index contributed by atoms with van der Waals surface area (Å²) in [5.74, 6) is 0.853. The molecule has 1 unspecified atom stereocenters. The maximum absolute atomic E-state index is 12.8. The lowest BCUT2D eigenvalue weighted by molar-refractivity contribution is -0.271. The number of halogens is 3. The number of nitrogens with zero attached hydrogens (tertiary/aromatic N) is 1. The molecule has 2 heterocycles. The Morgan fingerprint density at radius 2 is 2.09 bits per heavy atom. The molecule has 0 saturated carbocycles. The normalized spacial score (nSPS) is 24.2. The van der Waals surface area contributed by atoms with Crippen LogP contribution in [0.4, 0.5) is 18.0 Å². The molecule has 2 aliphatic rings. The number of furan rings is 1. The van der Waals surface area contributed by atoms with Gasteiger partial charge < -0.3 is 19.7 Å². The number of aryl methyl sites for hydroxylation is 1. The molecule has 5 nitrogen and oxygen atoms in total. The summed E-state index contributed by atoms with van der Waals surface area (Å²) in [4.78, 5) is 13.6. The summed E-state index contributed by atoms with van der Waals surface area (Å²) < 4.78 is 43.7. The first-order chi connectivity index (χ1) is 10.8. The van der Waals surface area contributed by atoms with E-state index in [9.17, 15) is 23.1 Å². The van der Waals surface area contributed by atoms with E-state index in [1.807, 2.05) is 6.07 Å². The summed E-state index contributed by atoms with van der Waals surface area (Å²) in [5, 5.41) is 12.5. The smallest absolute Gasteiger partial charge is 0.417 e. The highest BCUT2D eigenvalue weighted by Gasteiger charge is 2.55. The van der Waals surface area contributed by atoms with Gasteiger partial charge in [-0.3, -0.25) is 0 Å². The number of hydrogen-bond donors (Lipinski definition) is 2. The van der Waals surface area contributed by atoms with Crippen molar-refractivity contribution in [3.8, 4) is 0 Å². The van der Waals surface area contributed by atoms with Gasteiger partial charge >= 0.3 is 12.2 Å². The number of rotatable bonds is 1. The first-order valence-corrected chi connectivity index (χ1v) is 7.71. The Labute approximate surface area is 131 Å². The van der Waals surface area contributed by atoms with E-state index in [1.54, 1.807) is 6.26 Å². The fraction of sp³-hybridized carbons (Fsp3) is 0.667. The standard InChI is InChI=1S/C15H19F3N2O3/c16-15(17,18)14(22)5-7-20(8-6-14)13(21)19-11-2-1-3-12-10(11)4-9-23-12/h4,9,11,22H,1-3,5-8H2,(H,19,21). The molecule has 0 spiro atoms. The molecular formula is C15H19F3N2O3. The number of amides is 2. The van der Waals surface area contributed by atoms with E-state index in [1.165, 1.54) is 4.90 Å². The second-order valence-electron chi connectivity index (χ2n) is 6.21. The molecule has 128 valence electrons. The van der Waals surface area contributed by atoms with Crippen LogP contribution in [-0.4, -0.2) is 40.9 Å². The van der Waals surface area contributed by atoms with Crippen LogP contribution in [0, 0.1) is 0 Å². The van der Waals surface area contributed by atoms with Gasteiger partial charge in [-0.2, -0.15) is 13.2 Å². The monoisotopic (exact) mass is 332 g/mol. The van der Waals surface area contributed by atoms with Crippen LogP contribution >= 0.6 is 0 Å². The minimum Gasteiger partial charge on any atom is -0.469 e. The topological polar surface area (TPSA) is 65.7 Å². The van der Waals surface area contributed by atoms with Crippen molar-refractivity contribution in [3.63, 3.8) is 0 Å². The van der Waals surface area contributed by atoms with Crippen molar-refractivity contribution >= 4 is 6.03 Å². The number of likely N-dealkylation sites (tertiary alicyclic amines) is 1. The van der Waals surface area contributed by atoms with Crippen LogP contribution in [0.25, 0.3) is 0 Å². The second-order valence-corrected chi connectivity index (χ2v) is 6.21. The maximum atomic E-state index is 12.8. The molecule has 1 aliphatic carbocycles. The predicted octanol–water partition coefficient (Wildman–Crippen LogP) is 2.76. The Morgan fingerprint density at radius 3 is 2.74 bits per heavy atom. The summed E-state index contributed by atoms with van der Waals surface area (Å²) >= 11 is 0. The minimum atomic E-state index is -4.66. The van der Waals surface area contributed by atoms with Crippen LogP contribution in [0.2, 0.25) is 0 Å². The van der Waals surface area contributed by atoms with Crippen LogP contribution < -0.4 is 5.32 Å². The summed E-state index contributed by atoms with van der Waals surface area (Å²) in [6.45, 7) is -0.236. The fourth-order valence-electron chi connectivity index (χ4n) is 3.24. The van der Waals surface area contributed by atoms with Crippen LogP contribution in [0.1, 0.15) is 43.0 Å². The first-order valence-electron chi connectivity index (χ1n) is 7.71. The summed E-state index contributed by atoms with van der Waals surface area (Å²) in [7, 11) is 0. The fourth-order valence-corrected chi connectivity index (χ4v) is 3.24. The van der Waals surface area contributed by atoms with Gasteiger partial charge in [-0.25, -0.2) is 4.79 Å². The summed E-state index contributed by atoms with van der Waals surface area (Å²) in [6, 6.07) is 1.25. The zero-order chi connectivity index (χ0) is 16.7. The van der Waals surface area contributed by atoms with Crippen LogP contribution in [0.15, 0.2) is 16.7 Å². The van der Waals surface area contributed by atoms with Crippen molar-refractivity contribution in [1.29, 1.82) is 0 Å². The Balaban J connectivity index is 1.59. The first kappa shape index (κ1) is 16.2. The molecule has 1 fully saturated rings. The molecular weight excluding hydrogens is 313 g/mol. The molecule has 1 saturated heterocycles. The van der Waals surface area contributed by atoms with Crippen molar-refractivity contribution in [2.75, 3.05) is 13.1 Å². The SMILES string of the molecule is O=C(NC1CCCc2occc21)N1CCC(O)(C(F)(F)F)CC1. The number of piperidine rings is 1. The van der Waals surface area contributed by atoms with E-state index in [4.69, 9.17) is 4.42 Å². The Morgan fingerprint density at radius 1 is 1.39 bits per heavy atom.